The lowest BCUT2D eigenvalue weighted by Crippen LogP contribution is -2.37. The molecule has 8 heteroatoms. The smallest absolute Gasteiger partial charge is 0.357 e. The number of ether oxygens (including phenoxy) is 1. The van der Waals surface area contributed by atoms with Crippen LogP contribution in [0.2, 0.25) is 0 Å². The molecule has 4 heterocycles. The highest BCUT2D eigenvalue weighted by Crippen LogP contribution is 2.32. The van der Waals surface area contributed by atoms with Gasteiger partial charge in [-0.15, -0.1) is 22.7 Å². The zero-order valence-electron chi connectivity index (χ0n) is 15.5. The standard InChI is InChI=1S/C20H21N3O3S2/c1-2-26-20(25)15-13-28-18(21-15)14-5-10-23(11-6-14)19(24)17-16(7-12-27-17)22-8-3-4-9-22/h3-4,7-9,12-14H,2,5-6,10-11H2,1H3. The first-order valence-corrected chi connectivity index (χ1v) is 11.1. The summed E-state index contributed by atoms with van der Waals surface area (Å²) in [6.45, 7) is 3.52. The van der Waals surface area contributed by atoms with E-state index >= 15 is 0 Å². The first-order chi connectivity index (χ1) is 13.7. The first-order valence-electron chi connectivity index (χ1n) is 9.30. The Kier molecular flexibility index (Phi) is 5.59. The van der Waals surface area contributed by atoms with Gasteiger partial charge < -0.3 is 14.2 Å². The van der Waals surface area contributed by atoms with Gasteiger partial charge in [-0.3, -0.25) is 4.79 Å². The van der Waals surface area contributed by atoms with E-state index in [1.54, 1.807) is 12.3 Å². The average molecular weight is 416 g/mol. The Balaban J connectivity index is 1.40. The van der Waals surface area contributed by atoms with Crippen molar-refractivity contribution < 1.29 is 14.3 Å². The lowest BCUT2D eigenvalue weighted by atomic mass is 9.97. The zero-order valence-corrected chi connectivity index (χ0v) is 17.2. The summed E-state index contributed by atoms with van der Waals surface area (Å²) in [6, 6.07) is 5.89. The summed E-state index contributed by atoms with van der Waals surface area (Å²) >= 11 is 2.99. The van der Waals surface area contributed by atoms with Gasteiger partial charge in [-0.05, 0) is 43.3 Å². The Bertz CT molecular complexity index is 953. The quantitative estimate of drug-likeness (QED) is 0.586. The van der Waals surface area contributed by atoms with Crippen LogP contribution in [0.3, 0.4) is 0 Å². The van der Waals surface area contributed by atoms with Crippen LogP contribution in [0.1, 0.15) is 50.9 Å². The Morgan fingerprint density at radius 2 is 1.96 bits per heavy atom. The highest BCUT2D eigenvalue weighted by atomic mass is 32.1. The van der Waals surface area contributed by atoms with Gasteiger partial charge in [0.15, 0.2) is 5.69 Å². The Morgan fingerprint density at radius 1 is 1.21 bits per heavy atom. The molecule has 0 aromatic carbocycles. The number of rotatable bonds is 5. The van der Waals surface area contributed by atoms with E-state index < -0.39 is 0 Å². The van der Waals surface area contributed by atoms with Gasteiger partial charge in [0, 0.05) is 36.8 Å². The number of piperidine rings is 1. The van der Waals surface area contributed by atoms with E-state index in [-0.39, 0.29) is 17.8 Å². The van der Waals surface area contributed by atoms with E-state index in [2.05, 4.69) is 4.98 Å². The molecule has 0 spiro atoms. The van der Waals surface area contributed by atoms with E-state index in [9.17, 15) is 9.59 Å². The van der Waals surface area contributed by atoms with Crippen LogP contribution in [0, 0.1) is 0 Å². The minimum Gasteiger partial charge on any atom is -0.461 e. The van der Waals surface area contributed by atoms with E-state index in [0.717, 1.165) is 28.4 Å². The van der Waals surface area contributed by atoms with Crippen molar-refractivity contribution in [3.05, 3.63) is 56.9 Å². The Labute approximate surface area is 171 Å². The molecule has 1 aliphatic rings. The fourth-order valence-corrected chi connectivity index (χ4v) is 5.23. The summed E-state index contributed by atoms with van der Waals surface area (Å²) in [7, 11) is 0. The second kappa shape index (κ2) is 8.28. The van der Waals surface area contributed by atoms with Gasteiger partial charge in [-0.2, -0.15) is 0 Å². The van der Waals surface area contributed by atoms with Crippen LogP contribution in [0.5, 0.6) is 0 Å². The van der Waals surface area contributed by atoms with Gasteiger partial charge in [-0.25, -0.2) is 9.78 Å². The predicted molar refractivity (Wildman–Crippen MR) is 110 cm³/mol. The number of esters is 1. The molecule has 0 radical (unpaired) electrons. The van der Waals surface area contributed by atoms with Crippen LogP contribution in [-0.2, 0) is 4.74 Å². The van der Waals surface area contributed by atoms with E-state index in [1.807, 2.05) is 45.4 Å². The summed E-state index contributed by atoms with van der Waals surface area (Å²) < 4.78 is 6.99. The van der Waals surface area contributed by atoms with E-state index in [0.29, 0.717) is 25.4 Å². The number of thiophene rings is 1. The summed E-state index contributed by atoms with van der Waals surface area (Å²) in [5.41, 5.74) is 1.32. The molecule has 0 atom stereocenters. The SMILES string of the molecule is CCOC(=O)c1csc(C2CCN(C(=O)c3sccc3-n3cccc3)CC2)n1. The maximum atomic E-state index is 13.0. The fourth-order valence-electron chi connectivity index (χ4n) is 3.41. The molecule has 28 heavy (non-hydrogen) atoms. The number of likely N-dealkylation sites (tertiary alicyclic amines) is 1. The Hall–Kier alpha value is -2.45. The third-order valence-electron chi connectivity index (χ3n) is 4.86. The second-order valence-corrected chi connectivity index (χ2v) is 8.39. The monoisotopic (exact) mass is 415 g/mol. The molecule has 1 aliphatic heterocycles. The van der Waals surface area contributed by atoms with Crippen molar-refractivity contribution in [3.8, 4) is 5.69 Å². The molecule has 1 amide bonds. The molecule has 0 saturated carbocycles. The summed E-state index contributed by atoms with van der Waals surface area (Å²) in [5.74, 6) is 0.000772. The van der Waals surface area contributed by atoms with Crippen molar-refractivity contribution >= 4 is 34.6 Å². The lowest BCUT2D eigenvalue weighted by Gasteiger charge is -2.31. The lowest BCUT2D eigenvalue weighted by molar-refractivity contribution is 0.0520. The third-order valence-corrected chi connectivity index (χ3v) is 6.76. The average Bonchev–Trinajstić information content (AvgIpc) is 3.48. The summed E-state index contributed by atoms with van der Waals surface area (Å²) in [4.78, 5) is 32.0. The minimum atomic E-state index is -0.368. The van der Waals surface area contributed by atoms with E-state index in [1.165, 1.54) is 22.7 Å². The molecule has 146 valence electrons. The number of carbonyl (C=O) groups excluding carboxylic acids is 2. The van der Waals surface area contributed by atoms with Crippen molar-refractivity contribution in [1.82, 2.24) is 14.5 Å². The third kappa shape index (κ3) is 3.74. The van der Waals surface area contributed by atoms with Crippen molar-refractivity contribution in [2.24, 2.45) is 0 Å². The van der Waals surface area contributed by atoms with Crippen LogP contribution < -0.4 is 0 Å². The number of amides is 1. The number of nitrogens with zero attached hydrogens (tertiary/aromatic N) is 3. The molecule has 1 fully saturated rings. The maximum absolute atomic E-state index is 13.0. The molecule has 1 saturated heterocycles. The van der Waals surface area contributed by atoms with Crippen LogP contribution in [-0.4, -0.2) is 46.0 Å². The minimum absolute atomic E-state index is 0.0866. The van der Waals surface area contributed by atoms with Gasteiger partial charge in [-0.1, -0.05) is 0 Å². The molecule has 0 N–H and O–H groups in total. The molecule has 3 aromatic heterocycles. The van der Waals surface area contributed by atoms with Crippen LogP contribution >= 0.6 is 22.7 Å². The van der Waals surface area contributed by atoms with Gasteiger partial charge in [0.2, 0.25) is 0 Å². The predicted octanol–water partition coefficient (Wildman–Crippen LogP) is 4.19. The topological polar surface area (TPSA) is 64.4 Å². The molecule has 4 rings (SSSR count). The summed E-state index contributed by atoms with van der Waals surface area (Å²) in [5, 5.41) is 4.68. The maximum Gasteiger partial charge on any atom is 0.357 e. The highest BCUT2D eigenvalue weighted by molar-refractivity contribution is 7.12. The molecule has 0 aliphatic carbocycles. The normalized spacial score (nSPS) is 15.0. The number of carbonyl (C=O) groups is 2. The fraction of sp³-hybridized carbons (Fsp3) is 0.350. The van der Waals surface area contributed by atoms with Crippen molar-refractivity contribution in [3.63, 3.8) is 0 Å². The van der Waals surface area contributed by atoms with Gasteiger partial charge >= 0.3 is 5.97 Å². The first kappa shape index (κ1) is 18.9. The van der Waals surface area contributed by atoms with Crippen LogP contribution in [0.4, 0.5) is 0 Å². The van der Waals surface area contributed by atoms with Crippen LogP contribution in [0.15, 0.2) is 41.4 Å². The zero-order chi connectivity index (χ0) is 19.5. The van der Waals surface area contributed by atoms with Gasteiger partial charge in [0.1, 0.15) is 4.88 Å². The second-order valence-electron chi connectivity index (χ2n) is 6.58. The van der Waals surface area contributed by atoms with Crippen molar-refractivity contribution in [2.75, 3.05) is 19.7 Å². The number of hydrogen-bond donors (Lipinski definition) is 0. The number of aromatic nitrogens is 2. The number of hydrogen-bond acceptors (Lipinski definition) is 6. The number of thiazole rings is 1. The van der Waals surface area contributed by atoms with Gasteiger partial charge in [0.25, 0.3) is 5.91 Å². The van der Waals surface area contributed by atoms with Crippen molar-refractivity contribution in [1.29, 1.82) is 0 Å². The highest BCUT2D eigenvalue weighted by Gasteiger charge is 2.28. The molecule has 0 bridgehead atoms. The largest absolute Gasteiger partial charge is 0.461 e. The molecular weight excluding hydrogens is 394 g/mol. The van der Waals surface area contributed by atoms with Crippen molar-refractivity contribution in [2.45, 2.75) is 25.7 Å². The van der Waals surface area contributed by atoms with E-state index in [4.69, 9.17) is 4.74 Å². The summed E-state index contributed by atoms with van der Waals surface area (Å²) in [6.07, 6.45) is 5.61. The van der Waals surface area contributed by atoms with Gasteiger partial charge in [0.05, 0.1) is 17.3 Å². The Morgan fingerprint density at radius 3 is 2.68 bits per heavy atom. The molecular formula is C20H21N3O3S2. The van der Waals surface area contributed by atoms with Crippen LogP contribution in [0.25, 0.3) is 5.69 Å². The molecule has 3 aromatic rings. The molecule has 0 unspecified atom stereocenters. The molecule has 6 nitrogen and oxygen atoms in total.